The van der Waals surface area contributed by atoms with Crippen LogP contribution in [0.25, 0.3) is 0 Å². The molecule has 0 aromatic heterocycles. The number of carbonyl (C=O) groups excluding carboxylic acids is 1. The van der Waals surface area contributed by atoms with Gasteiger partial charge < -0.3 is 24.2 Å². The Balaban J connectivity index is 1.74. The zero-order valence-electron chi connectivity index (χ0n) is 21.9. The highest BCUT2D eigenvalue weighted by molar-refractivity contribution is 5.76. The van der Waals surface area contributed by atoms with Crippen LogP contribution in [0.15, 0.2) is 48.5 Å². The van der Waals surface area contributed by atoms with Gasteiger partial charge in [-0.05, 0) is 69.1 Å². The first-order valence-corrected chi connectivity index (χ1v) is 12.8. The number of benzene rings is 2. The Morgan fingerprint density at radius 3 is 2.36 bits per heavy atom. The van der Waals surface area contributed by atoms with Crippen molar-refractivity contribution >= 4 is 11.9 Å². The van der Waals surface area contributed by atoms with Gasteiger partial charge in [-0.15, -0.1) is 0 Å². The predicted octanol–water partition coefficient (Wildman–Crippen LogP) is 5.15. The minimum atomic E-state index is -1.02. The number of hydrogen-bond donors (Lipinski definition) is 1. The molecular weight excluding hydrogens is 458 g/mol. The average Bonchev–Trinajstić information content (AvgIpc) is 2.86. The number of hydrogen-bond acceptors (Lipinski definition) is 6. The van der Waals surface area contributed by atoms with Crippen molar-refractivity contribution in [2.24, 2.45) is 0 Å². The van der Waals surface area contributed by atoms with Crippen molar-refractivity contribution in [2.45, 2.75) is 63.9 Å². The van der Waals surface area contributed by atoms with Crippen LogP contribution in [-0.4, -0.2) is 62.4 Å². The summed E-state index contributed by atoms with van der Waals surface area (Å²) in [5, 5.41) is 8.78. The second-order valence-corrected chi connectivity index (χ2v) is 9.31. The minimum Gasteiger partial charge on any atom is -0.497 e. The quantitative estimate of drug-likeness (QED) is 0.224. The van der Waals surface area contributed by atoms with Crippen molar-refractivity contribution in [2.75, 3.05) is 34.4 Å². The summed E-state index contributed by atoms with van der Waals surface area (Å²) in [6.45, 7) is 0.717. The van der Waals surface area contributed by atoms with Crippen molar-refractivity contribution in [1.82, 2.24) is 4.90 Å². The molecular formula is C29H41NO6. The first kappa shape index (κ1) is 29.2. The molecule has 1 atom stereocenters. The van der Waals surface area contributed by atoms with Crippen LogP contribution in [-0.2, 0) is 27.2 Å². The molecule has 0 saturated heterocycles. The summed E-state index contributed by atoms with van der Waals surface area (Å²) < 4.78 is 16.8. The number of aliphatic carboxylic acids is 1. The van der Waals surface area contributed by atoms with Gasteiger partial charge in [0.1, 0.15) is 24.2 Å². The summed E-state index contributed by atoms with van der Waals surface area (Å²) in [5.74, 6) is 0.185. The Bertz CT molecular complexity index is 929. The zero-order valence-corrected chi connectivity index (χ0v) is 21.9. The minimum absolute atomic E-state index is 0.143. The van der Waals surface area contributed by atoms with Gasteiger partial charge in [0.25, 0.3) is 0 Å². The third kappa shape index (κ3) is 12.1. The topological polar surface area (TPSA) is 85.3 Å². The number of nitrogens with zero attached hydrogens (tertiary/aromatic N) is 1. The SMILES string of the molecule is COc1cccc(CCCCCCCc2ccccc2OCC(CN(C)C)OC(=O)CCC(=O)O)c1. The summed E-state index contributed by atoms with van der Waals surface area (Å²) in [6.07, 6.45) is 6.98. The highest BCUT2D eigenvalue weighted by Gasteiger charge is 2.18. The molecule has 0 saturated carbocycles. The zero-order chi connectivity index (χ0) is 26.2. The molecule has 2 aromatic rings. The van der Waals surface area contributed by atoms with Crippen LogP contribution in [0.3, 0.4) is 0 Å². The average molecular weight is 500 g/mol. The fourth-order valence-corrected chi connectivity index (χ4v) is 4.02. The number of carboxylic acids is 1. The molecule has 0 aliphatic rings. The number of esters is 1. The Hall–Kier alpha value is -3.06. The number of carboxylic acid groups (broad SMARTS) is 1. The van der Waals surface area contributed by atoms with Crippen LogP contribution in [0.2, 0.25) is 0 Å². The molecule has 0 fully saturated rings. The lowest BCUT2D eigenvalue weighted by atomic mass is 10.0. The molecule has 0 spiro atoms. The first-order chi connectivity index (χ1) is 17.4. The van der Waals surface area contributed by atoms with Gasteiger partial charge in [-0.3, -0.25) is 9.59 Å². The van der Waals surface area contributed by atoms with Gasteiger partial charge in [0, 0.05) is 6.54 Å². The lowest BCUT2D eigenvalue weighted by molar-refractivity contribution is -0.153. The maximum absolute atomic E-state index is 12.0. The van der Waals surface area contributed by atoms with E-state index >= 15 is 0 Å². The number of carbonyl (C=O) groups is 2. The molecule has 1 unspecified atom stereocenters. The Kier molecular flexibility index (Phi) is 13.4. The molecule has 0 amide bonds. The standard InChI is InChI=1S/C29H41NO6/c1-30(2)21-26(36-29(33)19-18-28(31)32)22-35-27-17-10-9-15-24(27)14-8-6-4-5-7-12-23-13-11-16-25(20-23)34-3/h9-11,13,15-17,20,26H,4-8,12,14,18-19,21-22H2,1-3H3,(H,31,32). The number of likely N-dealkylation sites (N-methyl/N-ethyl adjacent to an activating group) is 1. The fourth-order valence-electron chi connectivity index (χ4n) is 4.02. The molecule has 0 radical (unpaired) electrons. The summed E-state index contributed by atoms with van der Waals surface area (Å²) >= 11 is 0. The molecule has 198 valence electrons. The van der Waals surface area contributed by atoms with Crippen LogP contribution < -0.4 is 9.47 Å². The van der Waals surface area contributed by atoms with E-state index in [1.165, 1.54) is 24.8 Å². The third-order valence-corrected chi connectivity index (χ3v) is 5.85. The number of unbranched alkanes of at least 4 members (excludes halogenated alkanes) is 4. The van der Waals surface area contributed by atoms with E-state index in [0.29, 0.717) is 6.54 Å². The number of methoxy groups -OCH3 is 1. The molecule has 1 N–H and O–H groups in total. The molecule has 2 rings (SSSR count). The third-order valence-electron chi connectivity index (χ3n) is 5.85. The molecule has 2 aromatic carbocycles. The number of para-hydroxylation sites is 1. The van der Waals surface area contributed by atoms with Gasteiger partial charge in [0.05, 0.1) is 20.0 Å². The van der Waals surface area contributed by atoms with Gasteiger partial charge in [-0.25, -0.2) is 0 Å². The highest BCUT2D eigenvalue weighted by Crippen LogP contribution is 2.22. The van der Waals surface area contributed by atoms with Crippen molar-refractivity contribution in [3.63, 3.8) is 0 Å². The van der Waals surface area contributed by atoms with E-state index in [9.17, 15) is 9.59 Å². The Morgan fingerprint density at radius 1 is 0.917 bits per heavy atom. The van der Waals surface area contributed by atoms with E-state index < -0.39 is 18.0 Å². The van der Waals surface area contributed by atoms with Crippen LogP contribution in [0, 0.1) is 0 Å². The van der Waals surface area contributed by atoms with Crippen LogP contribution in [0.1, 0.15) is 56.1 Å². The summed E-state index contributed by atoms with van der Waals surface area (Å²) in [6, 6.07) is 16.3. The molecule has 0 aliphatic heterocycles. The van der Waals surface area contributed by atoms with Crippen molar-refractivity contribution < 1.29 is 28.9 Å². The van der Waals surface area contributed by atoms with Crippen molar-refractivity contribution in [3.05, 3.63) is 59.7 Å². The Labute approximate surface area is 215 Å². The second kappa shape index (κ2) is 16.6. The summed E-state index contributed by atoms with van der Waals surface area (Å²) in [7, 11) is 5.48. The van der Waals surface area contributed by atoms with Crippen LogP contribution >= 0.6 is 0 Å². The smallest absolute Gasteiger partial charge is 0.306 e. The normalized spacial score (nSPS) is 11.8. The molecule has 7 nitrogen and oxygen atoms in total. The van der Waals surface area contributed by atoms with Gasteiger partial charge in [-0.2, -0.15) is 0 Å². The van der Waals surface area contributed by atoms with E-state index in [1.807, 2.05) is 49.3 Å². The molecule has 36 heavy (non-hydrogen) atoms. The van der Waals surface area contributed by atoms with E-state index in [1.54, 1.807) is 7.11 Å². The summed E-state index contributed by atoms with van der Waals surface area (Å²) in [4.78, 5) is 24.6. The largest absolute Gasteiger partial charge is 0.497 e. The predicted molar refractivity (Wildman–Crippen MR) is 141 cm³/mol. The first-order valence-electron chi connectivity index (χ1n) is 12.8. The monoisotopic (exact) mass is 499 g/mol. The molecule has 0 heterocycles. The van der Waals surface area contributed by atoms with Gasteiger partial charge >= 0.3 is 11.9 Å². The molecule has 0 aliphatic carbocycles. The van der Waals surface area contributed by atoms with E-state index in [0.717, 1.165) is 42.7 Å². The number of ether oxygens (including phenoxy) is 3. The number of aryl methyl sites for hydroxylation is 2. The Morgan fingerprint density at radius 2 is 1.64 bits per heavy atom. The van der Waals surface area contributed by atoms with Crippen LogP contribution in [0.4, 0.5) is 0 Å². The van der Waals surface area contributed by atoms with Crippen molar-refractivity contribution in [1.29, 1.82) is 0 Å². The van der Waals surface area contributed by atoms with E-state index in [-0.39, 0.29) is 19.4 Å². The number of rotatable bonds is 18. The van der Waals surface area contributed by atoms with E-state index in [2.05, 4.69) is 18.2 Å². The van der Waals surface area contributed by atoms with Crippen molar-refractivity contribution in [3.8, 4) is 11.5 Å². The van der Waals surface area contributed by atoms with E-state index in [4.69, 9.17) is 19.3 Å². The highest BCUT2D eigenvalue weighted by atomic mass is 16.6. The second-order valence-electron chi connectivity index (χ2n) is 9.31. The van der Waals surface area contributed by atoms with Gasteiger partial charge in [0.15, 0.2) is 0 Å². The molecule has 7 heteroatoms. The lowest BCUT2D eigenvalue weighted by Crippen LogP contribution is -2.35. The molecule has 0 bridgehead atoms. The van der Waals surface area contributed by atoms with Gasteiger partial charge in [-0.1, -0.05) is 49.6 Å². The van der Waals surface area contributed by atoms with Gasteiger partial charge in [0.2, 0.25) is 0 Å². The maximum Gasteiger partial charge on any atom is 0.306 e. The maximum atomic E-state index is 12.0. The fraction of sp³-hybridized carbons (Fsp3) is 0.517. The lowest BCUT2D eigenvalue weighted by Gasteiger charge is -2.22. The summed E-state index contributed by atoms with van der Waals surface area (Å²) in [5.41, 5.74) is 2.47. The van der Waals surface area contributed by atoms with Crippen LogP contribution in [0.5, 0.6) is 11.5 Å².